The molecule has 0 aliphatic carbocycles. The number of pyridine rings is 1. The van der Waals surface area contributed by atoms with Crippen molar-refractivity contribution >= 4 is 0 Å². The first-order valence-electron chi connectivity index (χ1n) is 7.01. The number of nitrogens with one attached hydrogen (secondary N) is 1. The van der Waals surface area contributed by atoms with E-state index in [2.05, 4.69) is 54.3 Å². The van der Waals surface area contributed by atoms with Gasteiger partial charge in [0.25, 0.3) is 0 Å². The third kappa shape index (κ3) is 3.53. The summed E-state index contributed by atoms with van der Waals surface area (Å²) in [5.74, 6) is 0.772. The largest absolute Gasteiger partial charge is 0.317 e. The Labute approximate surface area is 111 Å². The van der Waals surface area contributed by atoms with Crippen LogP contribution in [0, 0.1) is 12.8 Å². The van der Waals surface area contributed by atoms with Crippen molar-refractivity contribution < 1.29 is 0 Å². The van der Waals surface area contributed by atoms with Crippen LogP contribution in [0.1, 0.15) is 31.2 Å². The van der Waals surface area contributed by atoms with Crippen molar-refractivity contribution in [2.24, 2.45) is 5.92 Å². The summed E-state index contributed by atoms with van der Waals surface area (Å²) in [5.41, 5.74) is 2.32. The number of aromatic nitrogens is 1. The molecule has 2 heterocycles. The minimum Gasteiger partial charge on any atom is -0.317 e. The molecular weight excluding hydrogens is 222 g/mol. The van der Waals surface area contributed by atoms with Gasteiger partial charge in [-0.2, -0.15) is 0 Å². The van der Waals surface area contributed by atoms with Gasteiger partial charge in [-0.3, -0.25) is 9.88 Å². The molecule has 2 atom stereocenters. The Bertz CT molecular complexity index is 378. The predicted molar refractivity (Wildman–Crippen MR) is 75.5 cm³/mol. The van der Waals surface area contributed by atoms with Crippen molar-refractivity contribution in [1.29, 1.82) is 0 Å². The smallest absolute Gasteiger partial charge is 0.0547 e. The van der Waals surface area contributed by atoms with Crippen molar-refractivity contribution in [3.63, 3.8) is 0 Å². The molecule has 2 rings (SSSR count). The molecule has 1 saturated heterocycles. The molecule has 1 aliphatic rings. The highest BCUT2D eigenvalue weighted by Crippen LogP contribution is 2.20. The number of aryl methyl sites for hydroxylation is 1. The van der Waals surface area contributed by atoms with E-state index in [4.69, 9.17) is 0 Å². The van der Waals surface area contributed by atoms with Gasteiger partial charge in [-0.1, -0.05) is 6.07 Å². The summed E-state index contributed by atoms with van der Waals surface area (Å²) in [6.07, 6.45) is 2.66. The summed E-state index contributed by atoms with van der Waals surface area (Å²) in [6, 6.07) is 6.91. The lowest BCUT2D eigenvalue weighted by Gasteiger charge is -2.35. The van der Waals surface area contributed by atoms with Crippen LogP contribution in [0.4, 0.5) is 0 Å². The molecule has 0 aromatic carbocycles. The van der Waals surface area contributed by atoms with Crippen LogP contribution in [-0.2, 0) is 6.54 Å². The van der Waals surface area contributed by atoms with E-state index in [1.54, 1.807) is 0 Å². The van der Waals surface area contributed by atoms with Gasteiger partial charge in [0.05, 0.1) is 5.69 Å². The van der Waals surface area contributed by atoms with Crippen molar-refractivity contribution in [3.05, 3.63) is 29.6 Å². The molecule has 0 amide bonds. The molecule has 0 bridgehead atoms. The van der Waals surface area contributed by atoms with E-state index in [0.717, 1.165) is 18.2 Å². The fraction of sp³-hybridized carbons (Fsp3) is 0.667. The summed E-state index contributed by atoms with van der Waals surface area (Å²) < 4.78 is 0. The molecule has 1 fully saturated rings. The van der Waals surface area contributed by atoms with E-state index in [9.17, 15) is 0 Å². The van der Waals surface area contributed by atoms with Crippen molar-refractivity contribution in [1.82, 2.24) is 15.2 Å². The van der Waals surface area contributed by atoms with E-state index >= 15 is 0 Å². The highest BCUT2D eigenvalue weighted by molar-refractivity contribution is 5.09. The van der Waals surface area contributed by atoms with Gasteiger partial charge in [0.1, 0.15) is 0 Å². The van der Waals surface area contributed by atoms with Gasteiger partial charge < -0.3 is 5.32 Å². The van der Waals surface area contributed by atoms with Gasteiger partial charge in [0, 0.05) is 24.8 Å². The number of hydrogen-bond donors (Lipinski definition) is 1. The predicted octanol–water partition coefficient (Wildman–Crippen LogP) is 2.21. The third-order valence-corrected chi connectivity index (χ3v) is 4.04. The summed E-state index contributed by atoms with van der Waals surface area (Å²) in [4.78, 5) is 7.15. The minimum absolute atomic E-state index is 0.610. The second kappa shape index (κ2) is 6.30. The van der Waals surface area contributed by atoms with Crippen molar-refractivity contribution in [3.8, 4) is 0 Å². The van der Waals surface area contributed by atoms with Crippen LogP contribution in [0.5, 0.6) is 0 Å². The van der Waals surface area contributed by atoms with Gasteiger partial charge in [0.2, 0.25) is 0 Å². The second-order valence-corrected chi connectivity index (χ2v) is 5.49. The van der Waals surface area contributed by atoms with Gasteiger partial charge in [0.15, 0.2) is 0 Å². The van der Waals surface area contributed by atoms with Crippen LogP contribution in [-0.4, -0.2) is 36.1 Å². The normalized spacial score (nSPS) is 22.9. The molecular formula is C15H25N3. The Morgan fingerprint density at radius 1 is 1.50 bits per heavy atom. The Morgan fingerprint density at radius 3 is 3.06 bits per heavy atom. The summed E-state index contributed by atoms with van der Waals surface area (Å²) in [6.45, 7) is 7.75. The van der Waals surface area contributed by atoms with Gasteiger partial charge in [-0.25, -0.2) is 0 Å². The number of likely N-dealkylation sites (tertiary alicyclic amines) is 1. The average Bonchev–Trinajstić information content (AvgIpc) is 2.38. The van der Waals surface area contributed by atoms with Gasteiger partial charge in [-0.05, 0) is 58.3 Å². The highest BCUT2D eigenvalue weighted by atomic mass is 15.1. The molecule has 1 N–H and O–H groups in total. The monoisotopic (exact) mass is 247 g/mol. The molecule has 100 valence electrons. The Kier molecular flexibility index (Phi) is 4.72. The molecule has 0 saturated carbocycles. The van der Waals surface area contributed by atoms with Crippen molar-refractivity contribution in [2.45, 2.75) is 39.3 Å². The lowest BCUT2D eigenvalue weighted by molar-refractivity contribution is 0.145. The fourth-order valence-electron chi connectivity index (χ4n) is 2.80. The third-order valence-electron chi connectivity index (χ3n) is 4.04. The van der Waals surface area contributed by atoms with E-state index in [0.29, 0.717) is 6.04 Å². The SMILES string of the molecule is CNC(C)C1CCCN(Cc2cccc(C)n2)C1. The molecule has 3 heteroatoms. The number of nitrogens with zero attached hydrogens (tertiary/aromatic N) is 2. The number of rotatable bonds is 4. The fourth-order valence-corrected chi connectivity index (χ4v) is 2.80. The zero-order chi connectivity index (χ0) is 13.0. The van der Waals surface area contributed by atoms with E-state index in [1.807, 2.05) is 0 Å². The van der Waals surface area contributed by atoms with Crippen LogP contribution in [0.2, 0.25) is 0 Å². The summed E-state index contributed by atoms with van der Waals surface area (Å²) in [5, 5.41) is 3.39. The van der Waals surface area contributed by atoms with Crippen LogP contribution in [0.15, 0.2) is 18.2 Å². The number of hydrogen-bond acceptors (Lipinski definition) is 3. The molecule has 0 spiro atoms. The maximum atomic E-state index is 4.60. The van der Waals surface area contributed by atoms with Gasteiger partial charge >= 0.3 is 0 Å². The molecule has 1 aliphatic heterocycles. The Hall–Kier alpha value is -0.930. The molecule has 3 nitrogen and oxygen atoms in total. The molecule has 1 aromatic rings. The van der Waals surface area contributed by atoms with Crippen LogP contribution in [0.3, 0.4) is 0 Å². The first-order chi connectivity index (χ1) is 8.69. The zero-order valence-electron chi connectivity index (χ0n) is 11.8. The van der Waals surface area contributed by atoms with E-state index < -0.39 is 0 Å². The second-order valence-electron chi connectivity index (χ2n) is 5.49. The first-order valence-corrected chi connectivity index (χ1v) is 7.01. The summed E-state index contributed by atoms with van der Waals surface area (Å²) in [7, 11) is 2.06. The molecule has 1 aromatic heterocycles. The Balaban J connectivity index is 1.93. The lowest BCUT2D eigenvalue weighted by atomic mass is 9.91. The molecule has 0 radical (unpaired) electrons. The van der Waals surface area contributed by atoms with Crippen molar-refractivity contribution in [2.75, 3.05) is 20.1 Å². The lowest BCUT2D eigenvalue weighted by Crippen LogP contribution is -2.43. The quantitative estimate of drug-likeness (QED) is 0.884. The summed E-state index contributed by atoms with van der Waals surface area (Å²) >= 11 is 0. The first kappa shape index (κ1) is 13.5. The standard InChI is InChI=1S/C15H25N3/c1-12-6-4-8-15(17-12)11-18-9-5-7-14(10-18)13(2)16-3/h4,6,8,13-14,16H,5,7,9-11H2,1-3H3. The van der Waals surface area contributed by atoms with Gasteiger partial charge in [-0.15, -0.1) is 0 Å². The molecule has 18 heavy (non-hydrogen) atoms. The highest BCUT2D eigenvalue weighted by Gasteiger charge is 2.23. The van der Waals surface area contributed by atoms with E-state index in [1.165, 1.54) is 31.6 Å². The van der Waals surface area contributed by atoms with E-state index in [-0.39, 0.29) is 0 Å². The molecule has 2 unspecified atom stereocenters. The Morgan fingerprint density at radius 2 is 2.33 bits per heavy atom. The maximum Gasteiger partial charge on any atom is 0.0547 e. The maximum absolute atomic E-state index is 4.60. The number of piperidine rings is 1. The minimum atomic E-state index is 0.610. The average molecular weight is 247 g/mol. The topological polar surface area (TPSA) is 28.2 Å². The van der Waals surface area contributed by atoms with Crippen LogP contribution >= 0.6 is 0 Å². The van der Waals surface area contributed by atoms with Crippen LogP contribution < -0.4 is 5.32 Å². The zero-order valence-corrected chi connectivity index (χ0v) is 11.8. The van der Waals surface area contributed by atoms with Crippen LogP contribution in [0.25, 0.3) is 0 Å².